The van der Waals surface area contributed by atoms with Crippen LogP contribution in [-0.4, -0.2) is 39.3 Å². The maximum absolute atomic E-state index is 12.9. The summed E-state index contributed by atoms with van der Waals surface area (Å²) in [4.78, 5) is 17.9. The first-order valence-electron chi connectivity index (χ1n) is 13.2. The number of carbonyl (C=O) groups is 1. The molecule has 1 aliphatic rings. The number of anilines is 3. The lowest BCUT2D eigenvalue weighted by Gasteiger charge is -2.22. The van der Waals surface area contributed by atoms with E-state index in [1.54, 1.807) is 40.6 Å². The molecule has 1 aromatic heterocycles. The van der Waals surface area contributed by atoms with E-state index >= 15 is 0 Å². The number of hydrogen-bond donors (Lipinski definition) is 2. The standard InChI is InChI=1S/C32H33N3O5/c1-37-23-12-15-28(38-2)20(17-23)9-16-31(36)33-21-10-13-27-25(18-21)32(24-7-5-6-8-26(24)35-27)34-22-11-14-29(39-3)30(19-22)40-4/h9-19H,5-8H2,1-4H3,(H,33,36)(H,34,35)/b16-9+. The third kappa shape index (κ3) is 5.66. The Labute approximate surface area is 233 Å². The number of aromatic nitrogens is 1. The van der Waals surface area contributed by atoms with E-state index in [1.807, 2.05) is 48.5 Å². The zero-order chi connectivity index (χ0) is 28.1. The van der Waals surface area contributed by atoms with Crippen LogP contribution in [0.2, 0.25) is 0 Å². The predicted octanol–water partition coefficient (Wildman–Crippen LogP) is 6.54. The quantitative estimate of drug-likeness (QED) is 0.233. The lowest BCUT2D eigenvalue weighted by molar-refractivity contribution is -0.111. The van der Waals surface area contributed by atoms with E-state index in [0.29, 0.717) is 28.7 Å². The van der Waals surface area contributed by atoms with Gasteiger partial charge in [-0.25, -0.2) is 0 Å². The average molecular weight is 540 g/mol. The molecule has 8 nitrogen and oxygen atoms in total. The zero-order valence-corrected chi connectivity index (χ0v) is 23.2. The van der Waals surface area contributed by atoms with E-state index in [0.717, 1.165) is 59.2 Å². The van der Waals surface area contributed by atoms with Gasteiger partial charge in [0.05, 0.1) is 39.6 Å². The SMILES string of the molecule is COc1ccc(OC)c(/C=C/C(=O)Nc2ccc3nc4c(c(Nc5ccc(OC)c(OC)c5)c3c2)CCCC4)c1. The van der Waals surface area contributed by atoms with Crippen molar-refractivity contribution in [3.05, 3.63) is 77.5 Å². The summed E-state index contributed by atoms with van der Waals surface area (Å²) in [5.41, 5.74) is 6.50. The Hall–Kier alpha value is -4.72. The summed E-state index contributed by atoms with van der Waals surface area (Å²) >= 11 is 0. The van der Waals surface area contributed by atoms with Gasteiger partial charge in [-0.1, -0.05) is 0 Å². The summed E-state index contributed by atoms with van der Waals surface area (Å²) in [5, 5.41) is 7.55. The molecule has 0 saturated heterocycles. The number of carbonyl (C=O) groups excluding carboxylic acids is 1. The van der Waals surface area contributed by atoms with Gasteiger partial charge in [-0.2, -0.15) is 0 Å². The summed E-state index contributed by atoms with van der Waals surface area (Å²) in [6, 6.07) is 17.0. The highest BCUT2D eigenvalue weighted by molar-refractivity contribution is 6.04. The molecule has 206 valence electrons. The van der Waals surface area contributed by atoms with Gasteiger partial charge in [-0.05, 0) is 85.9 Å². The Kier molecular flexibility index (Phi) is 8.05. The summed E-state index contributed by atoms with van der Waals surface area (Å²) in [7, 11) is 6.44. The number of nitrogens with zero attached hydrogens (tertiary/aromatic N) is 1. The summed E-state index contributed by atoms with van der Waals surface area (Å²) in [6.45, 7) is 0. The van der Waals surface area contributed by atoms with Gasteiger partial charge >= 0.3 is 0 Å². The maximum Gasteiger partial charge on any atom is 0.248 e. The van der Waals surface area contributed by atoms with Crippen LogP contribution in [0.25, 0.3) is 17.0 Å². The molecule has 0 saturated carbocycles. The number of fused-ring (bicyclic) bond motifs is 2. The largest absolute Gasteiger partial charge is 0.497 e. The maximum atomic E-state index is 12.9. The fraction of sp³-hybridized carbons (Fsp3) is 0.250. The number of aryl methyl sites for hydroxylation is 1. The Balaban J connectivity index is 1.47. The Morgan fingerprint density at radius 3 is 2.33 bits per heavy atom. The van der Waals surface area contributed by atoms with E-state index < -0.39 is 0 Å². The van der Waals surface area contributed by atoms with Crippen LogP contribution in [0.5, 0.6) is 23.0 Å². The Morgan fingerprint density at radius 2 is 1.55 bits per heavy atom. The second-order valence-corrected chi connectivity index (χ2v) is 9.48. The highest BCUT2D eigenvalue weighted by Gasteiger charge is 2.19. The van der Waals surface area contributed by atoms with Crippen molar-refractivity contribution >= 4 is 39.9 Å². The molecule has 1 aliphatic carbocycles. The molecule has 0 atom stereocenters. The van der Waals surface area contributed by atoms with Crippen LogP contribution in [0.4, 0.5) is 17.1 Å². The zero-order valence-electron chi connectivity index (χ0n) is 23.2. The van der Waals surface area contributed by atoms with Gasteiger partial charge < -0.3 is 29.6 Å². The number of amides is 1. The van der Waals surface area contributed by atoms with Crippen LogP contribution in [-0.2, 0) is 17.6 Å². The highest BCUT2D eigenvalue weighted by atomic mass is 16.5. The molecule has 5 rings (SSSR count). The number of ether oxygens (including phenoxy) is 4. The molecule has 0 aliphatic heterocycles. The van der Waals surface area contributed by atoms with Crippen LogP contribution in [0.15, 0.2) is 60.7 Å². The molecule has 0 fully saturated rings. The topological polar surface area (TPSA) is 90.9 Å². The molecule has 1 amide bonds. The fourth-order valence-corrected chi connectivity index (χ4v) is 5.02. The first-order valence-corrected chi connectivity index (χ1v) is 13.2. The van der Waals surface area contributed by atoms with E-state index in [4.69, 9.17) is 23.9 Å². The molecule has 4 aromatic rings. The van der Waals surface area contributed by atoms with E-state index in [1.165, 1.54) is 11.6 Å². The molecule has 0 unspecified atom stereocenters. The minimum absolute atomic E-state index is 0.260. The van der Waals surface area contributed by atoms with Crippen molar-refractivity contribution in [1.82, 2.24) is 4.98 Å². The first kappa shape index (κ1) is 26.9. The molecule has 40 heavy (non-hydrogen) atoms. The molecule has 0 radical (unpaired) electrons. The number of pyridine rings is 1. The number of hydrogen-bond acceptors (Lipinski definition) is 7. The second kappa shape index (κ2) is 12.0. The number of rotatable bonds is 9. The monoisotopic (exact) mass is 539 g/mol. The number of nitrogens with one attached hydrogen (secondary N) is 2. The first-order chi connectivity index (χ1) is 19.5. The van der Waals surface area contributed by atoms with Crippen LogP contribution in [0, 0.1) is 0 Å². The average Bonchev–Trinajstić information content (AvgIpc) is 2.99. The van der Waals surface area contributed by atoms with Gasteiger partial charge in [0.25, 0.3) is 0 Å². The minimum Gasteiger partial charge on any atom is -0.497 e. The van der Waals surface area contributed by atoms with Gasteiger partial charge in [-0.15, -0.1) is 0 Å². The van der Waals surface area contributed by atoms with Crippen molar-refractivity contribution in [1.29, 1.82) is 0 Å². The molecule has 0 bridgehead atoms. The normalized spacial score (nSPS) is 12.6. The third-order valence-electron chi connectivity index (χ3n) is 7.03. The highest BCUT2D eigenvalue weighted by Crippen LogP contribution is 2.38. The van der Waals surface area contributed by atoms with E-state index in [2.05, 4.69) is 10.6 Å². The van der Waals surface area contributed by atoms with E-state index in [9.17, 15) is 4.79 Å². The van der Waals surface area contributed by atoms with Gasteiger partial charge in [0.2, 0.25) is 5.91 Å². The lowest BCUT2D eigenvalue weighted by atomic mass is 9.92. The number of methoxy groups -OCH3 is 4. The van der Waals surface area contributed by atoms with Crippen molar-refractivity contribution in [2.24, 2.45) is 0 Å². The summed E-state index contributed by atoms with van der Waals surface area (Å²) in [6.07, 6.45) is 7.31. The van der Waals surface area contributed by atoms with Crippen LogP contribution in [0.3, 0.4) is 0 Å². The molecule has 8 heteroatoms. The molecule has 2 N–H and O–H groups in total. The van der Waals surface area contributed by atoms with Gasteiger partial charge in [0.15, 0.2) is 11.5 Å². The van der Waals surface area contributed by atoms with Crippen molar-refractivity contribution < 1.29 is 23.7 Å². The van der Waals surface area contributed by atoms with Crippen molar-refractivity contribution in [3.63, 3.8) is 0 Å². The van der Waals surface area contributed by atoms with E-state index in [-0.39, 0.29) is 5.91 Å². The van der Waals surface area contributed by atoms with Gasteiger partial charge in [0.1, 0.15) is 11.5 Å². The smallest absolute Gasteiger partial charge is 0.248 e. The van der Waals surface area contributed by atoms with Crippen LogP contribution < -0.4 is 29.6 Å². The summed E-state index contributed by atoms with van der Waals surface area (Å²) < 4.78 is 21.6. The summed E-state index contributed by atoms with van der Waals surface area (Å²) in [5.74, 6) is 2.38. The van der Waals surface area contributed by atoms with Crippen LogP contribution >= 0.6 is 0 Å². The third-order valence-corrected chi connectivity index (χ3v) is 7.03. The van der Waals surface area contributed by atoms with Gasteiger partial charge in [0, 0.05) is 40.2 Å². The minimum atomic E-state index is -0.260. The molecular weight excluding hydrogens is 506 g/mol. The Morgan fingerprint density at radius 1 is 0.800 bits per heavy atom. The number of benzene rings is 3. The molecule has 3 aromatic carbocycles. The molecular formula is C32H33N3O5. The molecule has 1 heterocycles. The predicted molar refractivity (Wildman–Crippen MR) is 158 cm³/mol. The molecule has 0 spiro atoms. The van der Waals surface area contributed by atoms with Crippen molar-refractivity contribution in [2.45, 2.75) is 25.7 Å². The lowest BCUT2D eigenvalue weighted by Crippen LogP contribution is -2.11. The van der Waals surface area contributed by atoms with Gasteiger partial charge in [-0.3, -0.25) is 9.78 Å². The van der Waals surface area contributed by atoms with Crippen molar-refractivity contribution in [3.8, 4) is 23.0 Å². The van der Waals surface area contributed by atoms with Crippen LogP contribution in [0.1, 0.15) is 29.7 Å². The van der Waals surface area contributed by atoms with Crippen molar-refractivity contribution in [2.75, 3.05) is 39.1 Å². The second-order valence-electron chi connectivity index (χ2n) is 9.48. The fourth-order valence-electron chi connectivity index (χ4n) is 5.02. The Bertz CT molecular complexity index is 1580.